The molecule has 1 saturated carbocycles. The molecule has 0 spiro atoms. The van der Waals surface area contributed by atoms with E-state index in [-0.39, 0.29) is 5.91 Å². The minimum atomic E-state index is -0.178. The summed E-state index contributed by atoms with van der Waals surface area (Å²) < 4.78 is 0. The van der Waals surface area contributed by atoms with Crippen molar-refractivity contribution in [3.8, 4) is 0 Å². The van der Waals surface area contributed by atoms with Crippen LogP contribution in [0.1, 0.15) is 58.3 Å². The zero-order chi connectivity index (χ0) is 11.8. The van der Waals surface area contributed by atoms with E-state index < -0.39 is 0 Å². The van der Waals surface area contributed by atoms with Crippen molar-refractivity contribution in [2.75, 3.05) is 6.54 Å². The van der Waals surface area contributed by atoms with E-state index in [0.29, 0.717) is 12.5 Å². The Morgan fingerprint density at radius 2 is 2.06 bits per heavy atom. The van der Waals surface area contributed by atoms with E-state index in [1.165, 1.54) is 32.1 Å². The van der Waals surface area contributed by atoms with Crippen molar-refractivity contribution < 1.29 is 4.79 Å². The van der Waals surface area contributed by atoms with Gasteiger partial charge in [-0.25, -0.2) is 0 Å². The molecule has 3 heteroatoms. The van der Waals surface area contributed by atoms with Gasteiger partial charge in [0.2, 0.25) is 5.91 Å². The van der Waals surface area contributed by atoms with Gasteiger partial charge in [-0.3, -0.25) is 4.79 Å². The minimum Gasteiger partial charge on any atom is -0.370 e. The van der Waals surface area contributed by atoms with Crippen LogP contribution in [-0.4, -0.2) is 18.5 Å². The zero-order valence-corrected chi connectivity index (χ0v) is 10.5. The lowest BCUT2D eigenvalue weighted by Crippen LogP contribution is -2.29. The molecule has 1 amide bonds. The highest BCUT2D eigenvalue weighted by molar-refractivity contribution is 5.73. The van der Waals surface area contributed by atoms with E-state index in [9.17, 15) is 4.79 Å². The molecule has 0 aromatic rings. The van der Waals surface area contributed by atoms with Gasteiger partial charge in [-0.1, -0.05) is 19.8 Å². The van der Waals surface area contributed by atoms with Gasteiger partial charge in [-0.2, -0.15) is 0 Å². The summed E-state index contributed by atoms with van der Waals surface area (Å²) in [6.45, 7) is 3.39. The van der Waals surface area contributed by atoms with Crippen molar-refractivity contribution in [2.45, 2.75) is 64.3 Å². The van der Waals surface area contributed by atoms with Crippen LogP contribution in [-0.2, 0) is 4.79 Å². The van der Waals surface area contributed by atoms with Crippen molar-refractivity contribution in [1.82, 2.24) is 5.32 Å². The maximum Gasteiger partial charge on any atom is 0.217 e. The first-order chi connectivity index (χ1) is 7.68. The number of hydrogen-bond donors (Lipinski definition) is 2. The number of carbonyl (C=O) groups is 1. The van der Waals surface area contributed by atoms with Crippen LogP contribution in [0.5, 0.6) is 0 Å². The SMILES string of the molecule is CC1CCCC(NCCCCC(N)=O)CC1. The summed E-state index contributed by atoms with van der Waals surface area (Å²) >= 11 is 0. The second kappa shape index (κ2) is 7.66. The van der Waals surface area contributed by atoms with Crippen LogP contribution in [0, 0.1) is 5.92 Å². The fourth-order valence-corrected chi connectivity index (χ4v) is 2.42. The smallest absolute Gasteiger partial charge is 0.217 e. The number of unbranched alkanes of at least 4 members (excludes halogenated alkanes) is 1. The largest absolute Gasteiger partial charge is 0.370 e. The fourth-order valence-electron chi connectivity index (χ4n) is 2.42. The number of nitrogens with one attached hydrogen (secondary N) is 1. The van der Waals surface area contributed by atoms with E-state index in [4.69, 9.17) is 5.73 Å². The van der Waals surface area contributed by atoms with Crippen LogP contribution in [0.25, 0.3) is 0 Å². The molecule has 0 saturated heterocycles. The molecular weight excluding hydrogens is 200 g/mol. The maximum absolute atomic E-state index is 10.5. The molecule has 3 nitrogen and oxygen atoms in total. The van der Waals surface area contributed by atoms with Gasteiger partial charge >= 0.3 is 0 Å². The Bertz CT molecular complexity index is 206. The van der Waals surface area contributed by atoms with Crippen molar-refractivity contribution >= 4 is 5.91 Å². The molecule has 0 aliphatic heterocycles. The Kier molecular flexibility index (Phi) is 6.46. The van der Waals surface area contributed by atoms with Gasteiger partial charge < -0.3 is 11.1 Å². The number of carbonyl (C=O) groups excluding carboxylic acids is 1. The number of nitrogens with two attached hydrogens (primary N) is 1. The summed E-state index contributed by atoms with van der Waals surface area (Å²) in [6, 6.07) is 0.707. The standard InChI is InChI=1S/C13H26N2O/c1-11-5-4-6-12(9-8-11)15-10-3-2-7-13(14)16/h11-12,15H,2-10H2,1H3,(H2,14,16). The maximum atomic E-state index is 10.5. The molecular formula is C13H26N2O. The van der Waals surface area contributed by atoms with Gasteiger partial charge in [0, 0.05) is 12.5 Å². The average molecular weight is 226 g/mol. The van der Waals surface area contributed by atoms with Crippen LogP contribution in [0.3, 0.4) is 0 Å². The van der Waals surface area contributed by atoms with Crippen LogP contribution in [0.15, 0.2) is 0 Å². The van der Waals surface area contributed by atoms with Gasteiger partial charge in [0.1, 0.15) is 0 Å². The zero-order valence-electron chi connectivity index (χ0n) is 10.5. The quantitative estimate of drug-likeness (QED) is 0.539. The Hall–Kier alpha value is -0.570. The number of rotatable bonds is 6. The molecule has 2 atom stereocenters. The molecule has 1 rings (SSSR count). The number of hydrogen-bond acceptors (Lipinski definition) is 2. The lowest BCUT2D eigenvalue weighted by molar-refractivity contribution is -0.118. The fraction of sp³-hybridized carbons (Fsp3) is 0.923. The van der Waals surface area contributed by atoms with E-state index in [1.54, 1.807) is 0 Å². The van der Waals surface area contributed by atoms with E-state index >= 15 is 0 Å². The summed E-state index contributed by atoms with van der Waals surface area (Å²) in [7, 11) is 0. The number of amides is 1. The molecule has 2 unspecified atom stereocenters. The molecule has 1 fully saturated rings. The molecule has 0 radical (unpaired) electrons. The second-order valence-corrected chi connectivity index (χ2v) is 5.19. The third-order valence-electron chi connectivity index (χ3n) is 3.54. The summed E-state index contributed by atoms with van der Waals surface area (Å²) in [5.41, 5.74) is 5.09. The Morgan fingerprint density at radius 1 is 1.25 bits per heavy atom. The summed E-state index contributed by atoms with van der Waals surface area (Å²) in [5, 5.41) is 3.60. The summed E-state index contributed by atoms with van der Waals surface area (Å²) in [5.74, 6) is 0.727. The predicted octanol–water partition coefficient (Wildman–Crippen LogP) is 2.20. The van der Waals surface area contributed by atoms with Gasteiger partial charge in [-0.15, -0.1) is 0 Å². The molecule has 16 heavy (non-hydrogen) atoms. The molecule has 0 bridgehead atoms. The first-order valence-electron chi connectivity index (χ1n) is 6.70. The Morgan fingerprint density at radius 3 is 2.81 bits per heavy atom. The molecule has 94 valence electrons. The van der Waals surface area contributed by atoms with Crippen LogP contribution in [0.2, 0.25) is 0 Å². The Balaban J connectivity index is 2.01. The number of primary amides is 1. The van der Waals surface area contributed by atoms with Gasteiger partial charge in [0.25, 0.3) is 0 Å². The van der Waals surface area contributed by atoms with Gasteiger partial charge in [-0.05, 0) is 44.6 Å². The highest BCUT2D eigenvalue weighted by Crippen LogP contribution is 2.22. The highest BCUT2D eigenvalue weighted by Gasteiger charge is 2.14. The molecule has 3 N–H and O–H groups in total. The van der Waals surface area contributed by atoms with Gasteiger partial charge in [0.15, 0.2) is 0 Å². The van der Waals surface area contributed by atoms with Crippen molar-refractivity contribution in [3.05, 3.63) is 0 Å². The lowest BCUT2D eigenvalue weighted by Gasteiger charge is -2.16. The molecule has 0 heterocycles. The topological polar surface area (TPSA) is 55.1 Å². The minimum absolute atomic E-state index is 0.178. The molecule has 1 aliphatic rings. The third kappa shape index (κ3) is 6.11. The summed E-state index contributed by atoms with van der Waals surface area (Å²) in [6.07, 6.45) is 9.26. The third-order valence-corrected chi connectivity index (χ3v) is 3.54. The summed E-state index contributed by atoms with van der Waals surface area (Å²) in [4.78, 5) is 10.5. The second-order valence-electron chi connectivity index (χ2n) is 5.19. The first-order valence-corrected chi connectivity index (χ1v) is 6.70. The van der Waals surface area contributed by atoms with Crippen LogP contribution in [0.4, 0.5) is 0 Å². The van der Waals surface area contributed by atoms with Crippen molar-refractivity contribution in [1.29, 1.82) is 0 Å². The first kappa shape index (κ1) is 13.5. The van der Waals surface area contributed by atoms with Crippen LogP contribution < -0.4 is 11.1 Å². The average Bonchev–Trinajstić information content (AvgIpc) is 2.43. The highest BCUT2D eigenvalue weighted by atomic mass is 16.1. The normalized spacial score (nSPS) is 26.3. The van der Waals surface area contributed by atoms with E-state index in [2.05, 4.69) is 12.2 Å². The molecule has 0 aromatic carbocycles. The molecule has 0 aromatic heterocycles. The predicted molar refractivity (Wildman–Crippen MR) is 67.1 cm³/mol. The van der Waals surface area contributed by atoms with E-state index in [1.807, 2.05) is 0 Å². The monoisotopic (exact) mass is 226 g/mol. The molecule has 1 aliphatic carbocycles. The van der Waals surface area contributed by atoms with Crippen molar-refractivity contribution in [3.63, 3.8) is 0 Å². The van der Waals surface area contributed by atoms with Crippen LogP contribution >= 0.6 is 0 Å². The van der Waals surface area contributed by atoms with E-state index in [0.717, 1.165) is 25.3 Å². The van der Waals surface area contributed by atoms with Gasteiger partial charge in [0.05, 0.1) is 0 Å². The van der Waals surface area contributed by atoms with Crippen molar-refractivity contribution in [2.24, 2.45) is 11.7 Å². The Labute approximate surface area is 99.2 Å². The lowest BCUT2D eigenvalue weighted by atomic mass is 10.0.